The van der Waals surface area contributed by atoms with Gasteiger partial charge in [-0.25, -0.2) is 4.99 Å². The summed E-state index contributed by atoms with van der Waals surface area (Å²) < 4.78 is 0. The van der Waals surface area contributed by atoms with Crippen molar-refractivity contribution in [2.75, 3.05) is 0 Å². The minimum Gasteiger partial charge on any atom is -0.325 e. The highest BCUT2D eigenvalue weighted by atomic mass is 16.2. The molecular weight excluding hydrogens is 324 g/mol. The molecule has 1 heterocycles. The van der Waals surface area contributed by atoms with E-state index in [-0.39, 0.29) is 23.1 Å². The van der Waals surface area contributed by atoms with Crippen LogP contribution < -0.4 is 5.32 Å². The van der Waals surface area contributed by atoms with Gasteiger partial charge in [-0.2, -0.15) is 0 Å². The SMILES string of the molecule is Cc1ccc(C(=O)N=C2C=CC3C(=C2)NC(=O)C=C3C(C)(C)C)cc1C. The second-order valence-electron chi connectivity index (χ2n) is 7.92. The largest absolute Gasteiger partial charge is 0.325 e. The van der Waals surface area contributed by atoms with Crippen LogP contribution in [0.3, 0.4) is 0 Å². The molecule has 4 nitrogen and oxygen atoms in total. The number of benzene rings is 1. The van der Waals surface area contributed by atoms with E-state index in [1.165, 1.54) is 0 Å². The lowest BCUT2D eigenvalue weighted by molar-refractivity contribution is -0.116. The molecule has 3 rings (SSSR count). The Bertz CT molecular complexity index is 909. The Morgan fingerprint density at radius 3 is 2.50 bits per heavy atom. The molecule has 0 aromatic heterocycles. The predicted molar refractivity (Wildman–Crippen MR) is 104 cm³/mol. The fraction of sp³-hybridized carbons (Fsp3) is 0.318. The van der Waals surface area contributed by atoms with Gasteiger partial charge in [0.2, 0.25) is 5.91 Å². The maximum Gasteiger partial charge on any atom is 0.277 e. The molecule has 26 heavy (non-hydrogen) atoms. The number of carbonyl (C=O) groups is 2. The third kappa shape index (κ3) is 3.59. The van der Waals surface area contributed by atoms with Crippen LogP contribution in [0.15, 0.2) is 58.8 Å². The van der Waals surface area contributed by atoms with E-state index in [0.717, 1.165) is 22.4 Å². The minimum atomic E-state index is -0.281. The Hall–Kier alpha value is -2.75. The summed E-state index contributed by atoms with van der Waals surface area (Å²) in [6.45, 7) is 10.3. The van der Waals surface area contributed by atoms with Crippen molar-refractivity contribution >= 4 is 17.5 Å². The number of aliphatic imine (C=N–C) groups is 1. The number of nitrogens with one attached hydrogen (secondary N) is 1. The molecule has 0 spiro atoms. The molecule has 2 amide bonds. The molecule has 1 aliphatic carbocycles. The molecule has 0 bridgehead atoms. The van der Waals surface area contributed by atoms with Gasteiger partial charge in [0.1, 0.15) is 0 Å². The zero-order valence-electron chi connectivity index (χ0n) is 15.9. The number of allylic oxidation sites excluding steroid dienone is 3. The molecule has 2 aliphatic rings. The highest BCUT2D eigenvalue weighted by Gasteiger charge is 2.32. The van der Waals surface area contributed by atoms with Crippen LogP contribution in [0.25, 0.3) is 0 Å². The van der Waals surface area contributed by atoms with Crippen LogP contribution in [0, 0.1) is 25.2 Å². The summed E-state index contributed by atoms with van der Waals surface area (Å²) in [5.41, 5.74) is 5.04. The Kier molecular flexibility index (Phi) is 4.53. The van der Waals surface area contributed by atoms with Gasteiger partial charge in [-0.05, 0) is 60.2 Å². The van der Waals surface area contributed by atoms with Crippen molar-refractivity contribution in [3.63, 3.8) is 0 Å². The van der Waals surface area contributed by atoms with Crippen molar-refractivity contribution in [2.24, 2.45) is 16.3 Å². The van der Waals surface area contributed by atoms with Gasteiger partial charge in [-0.1, -0.05) is 32.9 Å². The molecular formula is C22H24N2O2. The van der Waals surface area contributed by atoms with Crippen molar-refractivity contribution in [1.82, 2.24) is 5.32 Å². The Morgan fingerprint density at radius 1 is 1.12 bits per heavy atom. The lowest BCUT2D eigenvalue weighted by atomic mass is 9.74. The first-order valence-corrected chi connectivity index (χ1v) is 8.78. The van der Waals surface area contributed by atoms with Crippen molar-refractivity contribution in [2.45, 2.75) is 34.6 Å². The Morgan fingerprint density at radius 2 is 1.85 bits per heavy atom. The third-order valence-corrected chi connectivity index (χ3v) is 4.84. The maximum atomic E-state index is 12.5. The summed E-state index contributed by atoms with van der Waals surface area (Å²) in [5, 5.41) is 2.88. The third-order valence-electron chi connectivity index (χ3n) is 4.84. The number of rotatable bonds is 1. The number of hydrogen-bond donors (Lipinski definition) is 1. The van der Waals surface area contributed by atoms with E-state index in [9.17, 15) is 9.59 Å². The van der Waals surface area contributed by atoms with Gasteiger partial charge in [-0.15, -0.1) is 0 Å². The molecule has 1 aromatic rings. The van der Waals surface area contributed by atoms with Crippen LogP contribution in [0.2, 0.25) is 0 Å². The molecule has 1 atom stereocenters. The molecule has 4 heteroatoms. The van der Waals surface area contributed by atoms with Crippen LogP contribution in [0.5, 0.6) is 0 Å². The summed E-state index contributed by atoms with van der Waals surface area (Å²) >= 11 is 0. The molecule has 0 radical (unpaired) electrons. The normalized spacial score (nSPS) is 21.0. The number of amides is 2. The fourth-order valence-electron chi connectivity index (χ4n) is 3.20. The van der Waals surface area contributed by atoms with Gasteiger partial charge < -0.3 is 5.32 Å². The number of nitrogens with zero attached hydrogens (tertiary/aromatic N) is 1. The van der Waals surface area contributed by atoms with E-state index >= 15 is 0 Å². The molecule has 1 aliphatic heterocycles. The molecule has 0 saturated carbocycles. The van der Waals surface area contributed by atoms with Crippen molar-refractivity contribution in [3.8, 4) is 0 Å². The van der Waals surface area contributed by atoms with Crippen LogP contribution in [0.4, 0.5) is 0 Å². The van der Waals surface area contributed by atoms with Crippen LogP contribution >= 0.6 is 0 Å². The molecule has 1 aromatic carbocycles. The van der Waals surface area contributed by atoms with Gasteiger partial charge in [0.15, 0.2) is 0 Å². The molecule has 0 saturated heterocycles. The lowest BCUT2D eigenvalue weighted by Gasteiger charge is -2.34. The number of aryl methyl sites for hydroxylation is 2. The summed E-state index contributed by atoms with van der Waals surface area (Å²) in [6.07, 6.45) is 7.32. The number of carbonyl (C=O) groups excluding carboxylic acids is 2. The zero-order chi connectivity index (χ0) is 19.1. The number of fused-ring (bicyclic) bond motifs is 1. The highest BCUT2D eigenvalue weighted by Crippen LogP contribution is 2.38. The first kappa shape index (κ1) is 18.1. The maximum absolute atomic E-state index is 12.5. The zero-order valence-corrected chi connectivity index (χ0v) is 15.9. The molecule has 134 valence electrons. The Labute approximate surface area is 154 Å². The molecule has 1 N–H and O–H groups in total. The van der Waals surface area contributed by atoms with E-state index in [1.54, 1.807) is 18.2 Å². The van der Waals surface area contributed by atoms with E-state index in [2.05, 4.69) is 31.1 Å². The molecule has 0 fully saturated rings. The summed E-state index contributed by atoms with van der Waals surface area (Å²) in [7, 11) is 0. The quantitative estimate of drug-likeness (QED) is 0.832. The minimum absolute atomic E-state index is 0.0170. The second-order valence-corrected chi connectivity index (χ2v) is 7.92. The van der Waals surface area contributed by atoms with Crippen LogP contribution in [-0.4, -0.2) is 17.5 Å². The Balaban J connectivity index is 1.90. The van der Waals surface area contributed by atoms with E-state index < -0.39 is 0 Å². The van der Waals surface area contributed by atoms with Gasteiger partial charge in [0.05, 0.1) is 5.71 Å². The van der Waals surface area contributed by atoms with Crippen molar-refractivity contribution in [3.05, 3.63) is 70.5 Å². The highest BCUT2D eigenvalue weighted by molar-refractivity contribution is 6.14. The topological polar surface area (TPSA) is 58.5 Å². The average molecular weight is 348 g/mol. The lowest BCUT2D eigenvalue weighted by Crippen LogP contribution is -2.36. The van der Waals surface area contributed by atoms with Crippen molar-refractivity contribution in [1.29, 1.82) is 0 Å². The summed E-state index contributed by atoms with van der Waals surface area (Å²) in [4.78, 5) is 28.7. The van der Waals surface area contributed by atoms with E-state index in [4.69, 9.17) is 0 Å². The fourth-order valence-corrected chi connectivity index (χ4v) is 3.20. The van der Waals surface area contributed by atoms with Gasteiger partial charge in [0.25, 0.3) is 5.91 Å². The van der Waals surface area contributed by atoms with Gasteiger partial charge in [-0.3, -0.25) is 9.59 Å². The second kappa shape index (κ2) is 6.52. The summed E-state index contributed by atoms with van der Waals surface area (Å²) in [5.74, 6) is -0.396. The first-order valence-electron chi connectivity index (χ1n) is 8.78. The smallest absolute Gasteiger partial charge is 0.277 e. The van der Waals surface area contributed by atoms with Crippen LogP contribution in [-0.2, 0) is 4.79 Å². The van der Waals surface area contributed by atoms with E-state index in [0.29, 0.717) is 11.3 Å². The standard InChI is InChI=1S/C22H24N2O2/c1-13-6-7-15(10-14(13)2)21(26)23-16-8-9-17-18(22(3,4)5)12-20(25)24-19(17)11-16/h6-12,17H,1-5H3,(H,24,25). The van der Waals surface area contributed by atoms with E-state index in [1.807, 2.05) is 38.1 Å². The monoisotopic (exact) mass is 348 g/mol. The van der Waals surface area contributed by atoms with Gasteiger partial charge >= 0.3 is 0 Å². The van der Waals surface area contributed by atoms with Crippen molar-refractivity contribution < 1.29 is 9.59 Å². The number of hydrogen-bond acceptors (Lipinski definition) is 2. The van der Waals surface area contributed by atoms with Crippen LogP contribution in [0.1, 0.15) is 42.3 Å². The first-order chi connectivity index (χ1) is 12.1. The predicted octanol–water partition coefficient (Wildman–Crippen LogP) is 4.06. The average Bonchev–Trinajstić information content (AvgIpc) is 2.55. The summed E-state index contributed by atoms with van der Waals surface area (Å²) in [6, 6.07) is 5.57. The van der Waals surface area contributed by atoms with Gasteiger partial charge in [0, 0.05) is 23.3 Å². The molecule has 1 unspecified atom stereocenters.